The number of nitrogens with zero attached hydrogens (tertiary/aromatic N) is 2. The molecule has 2 amide bonds. The number of ether oxygens (including phenoxy) is 1. The lowest BCUT2D eigenvalue weighted by molar-refractivity contribution is -0.134. The average molecular weight is 446 g/mol. The van der Waals surface area contributed by atoms with Crippen molar-refractivity contribution in [3.63, 3.8) is 0 Å². The van der Waals surface area contributed by atoms with Crippen LogP contribution in [0, 0.1) is 0 Å². The van der Waals surface area contributed by atoms with Gasteiger partial charge in [0.1, 0.15) is 17.0 Å². The summed E-state index contributed by atoms with van der Waals surface area (Å²) in [6.45, 7) is 2.69. The second kappa shape index (κ2) is 8.58. The Kier molecular flexibility index (Phi) is 5.60. The van der Waals surface area contributed by atoms with Crippen molar-refractivity contribution in [2.45, 2.75) is 63.7 Å². The van der Waals surface area contributed by atoms with E-state index in [1.54, 1.807) is 12.0 Å². The lowest BCUT2D eigenvalue weighted by atomic mass is 9.91. The minimum absolute atomic E-state index is 0.0749. The Morgan fingerprint density at radius 3 is 2.58 bits per heavy atom. The smallest absolute Gasteiger partial charge is 0.271 e. The summed E-state index contributed by atoms with van der Waals surface area (Å²) >= 11 is 0. The molecule has 2 aliphatic rings. The predicted molar refractivity (Wildman–Crippen MR) is 128 cm³/mol. The lowest BCUT2D eigenvalue weighted by Crippen LogP contribution is -2.64. The third-order valence-electron chi connectivity index (χ3n) is 7.25. The molecule has 2 aromatic carbocycles. The topological polar surface area (TPSA) is 63.6 Å². The van der Waals surface area contributed by atoms with Crippen LogP contribution in [0.15, 0.2) is 54.6 Å². The molecule has 0 unspecified atom stereocenters. The van der Waals surface area contributed by atoms with Crippen LogP contribution in [-0.4, -0.2) is 40.0 Å². The molecule has 5 rings (SSSR count). The van der Waals surface area contributed by atoms with Crippen molar-refractivity contribution >= 4 is 22.7 Å². The van der Waals surface area contributed by atoms with Crippen LogP contribution in [-0.2, 0) is 17.9 Å². The van der Waals surface area contributed by atoms with Gasteiger partial charge in [0.15, 0.2) is 0 Å². The van der Waals surface area contributed by atoms with E-state index in [1.165, 1.54) is 6.42 Å². The Morgan fingerprint density at radius 1 is 1.09 bits per heavy atom. The highest BCUT2D eigenvalue weighted by Crippen LogP contribution is 2.35. The van der Waals surface area contributed by atoms with Gasteiger partial charge in [0, 0.05) is 24.0 Å². The first-order valence-corrected chi connectivity index (χ1v) is 11.8. The van der Waals surface area contributed by atoms with Crippen molar-refractivity contribution < 1.29 is 14.3 Å². The predicted octanol–water partition coefficient (Wildman–Crippen LogP) is 4.51. The number of aromatic nitrogens is 1. The van der Waals surface area contributed by atoms with Crippen LogP contribution in [0.1, 0.15) is 55.1 Å². The van der Waals surface area contributed by atoms with Gasteiger partial charge in [0.25, 0.3) is 5.91 Å². The van der Waals surface area contributed by atoms with Crippen molar-refractivity contribution in [3.8, 4) is 5.75 Å². The molecule has 0 bridgehead atoms. The van der Waals surface area contributed by atoms with Gasteiger partial charge in [-0.2, -0.15) is 0 Å². The van der Waals surface area contributed by atoms with Gasteiger partial charge in [0.05, 0.1) is 19.2 Å². The van der Waals surface area contributed by atoms with Gasteiger partial charge in [-0.15, -0.1) is 0 Å². The molecule has 1 saturated carbocycles. The Morgan fingerprint density at radius 2 is 1.85 bits per heavy atom. The summed E-state index contributed by atoms with van der Waals surface area (Å²) in [7, 11) is 1.63. The zero-order valence-electron chi connectivity index (χ0n) is 19.3. The maximum atomic E-state index is 13.9. The summed E-state index contributed by atoms with van der Waals surface area (Å²) in [4.78, 5) is 29.4. The molecule has 1 aliphatic carbocycles. The van der Waals surface area contributed by atoms with Crippen LogP contribution in [0.25, 0.3) is 10.9 Å². The van der Waals surface area contributed by atoms with Crippen LogP contribution in [0.4, 0.5) is 0 Å². The fraction of sp³-hybridized carbons (Fsp3) is 0.407. The molecule has 6 heteroatoms. The molecule has 3 aromatic rings. The molecule has 2 heterocycles. The van der Waals surface area contributed by atoms with Crippen molar-refractivity contribution in [1.29, 1.82) is 0 Å². The second-order valence-corrected chi connectivity index (χ2v) is 9.50. The van der Waals surface area contributed by atoms with Gasteiger partial charge < -0.3 is 19.5 Å². The van der Waals surface area contributed by atoms with E-state index in [9.17, 15) is 9.59 Å². The van der Waals surface area contributed by atoms with Crippen molar-refractivity contribution in [2.24, 2.45) is 0 Å². The quantitative estimate of drug-likeness (QED) is 0.628. The number of methoxy groups -OCH3 is 1. The number of rotatable bonds is 5. The zero-order valence-corrected chi connectivity index (χ0v) is 19.3. The fourth-order valence-corrected chi connectivity index (χ4v) is 5.26. The first-order chi connectivity index (χ1) is 16.0. The van der Waals surface area contributed by atoms with E-state index in [-0.39, 0.29) is 17.9 Å². The molecule has 1 aliphatic heterocycles. The third-order valence-corrected chi connectivity index (χ3v) is 7.25. The molecule has 1 N–H and O–H groups in total. The van der Waals surface area contributed by atoms with E-state index in [4.69, 9.17) is 4.74 Å². The molecular formula is C27H31N3O3. The van der Waals surface area contributed by atoms with Gasteiger partial charge in [-0.3, -0.25) is 9.59 Å². The van der Waals surface area contributed by atoms with E-state index >= 15 is 0 Å². The summed E-state index contributed by atoms with van der Waals surface area (Å²) in [5, 5.41) is 4.26. The lowest BCUT2D eigenvalue weighted by Gasteiger charge is -2.45. The average Bonchev–Trinajstić information content (AvgIpc) is 3.20. The van der Waals surface area contributed by atoms with Crippen LogP contribution < -0.4 is 10.1 Å². The molecule has 0 saturated heterocycles. The minimum atomic E-state index is -1.01. The minimum Gasteiger partial charge on any atom is -0.497 e. The van der Waals surface area contributed by atoms with Crippen molar-refractivity contribution in [2.75, 3.05) is 7.11 Å². The highest BCUT2D eigenvalue weighted by molar-refractivity contribution is 6.03. The number of hydrogen-bond donors (Lipinski definition) is 1. The summed E-state index contributed by atoms with van der Waals surface area (Å²) in [5.74, 6) is 0.534. The number of hydrogen-bond acceptors (Lipinski definition) is 3. The molecule has 0 radical (unpaired) electrons. The maximum absolute atomic E-state index is 13.9. The molecular weight excluding hydrogens is 414 g/mol. The first-order valence-electron chi connectivity index (χ1n) is 11.8. The standard InChI is InChI=1S/C27H31N3O3/c1-27(26(32)28-21-11-7-4-8-12-21)18-29-23-16-22(33-2)14-13-20(23)15-24(29)25(31)30(27)17-19-9-5-3-6-10-19/h3,5-6,9-10,13-16,21H,4,7-8,11-12,17-18H2,1-2H3,(H,28,32)/t27-/m0/s1. The molecule has 172 valence electrons. The van der Waals surface area contributed by atoms with Crippen molar-refractivity contribution in [1.82, 2.24) is 14.8 Å². The largest absolute Gasteiger partial charge is 0.497 e. The third kappa shape index (κ3) is 3.88. The highest BCUT2D eigenvalue weighted by Gasteiger charge is 2.48. The summed E-state index contributed by atoms with van der Waals surface area (Å²) < 4.78 is 7.41. The summed E-state index contributed by atoms with van der Waals surface area (Å²) in [6, 6.07) is 17.8. The Bertz CT molecular complexity index is 1180. The van der Waals surface area contributed by atoms with Crippen LogP contribution in [0.5, 0.6) is 5.75 Å². The number of benzene rings is 2. The molecule has 6 nitrogen and oxygen atoms in total. The van der Waals surface area contributed by atoms with Gasteiger partial charge in [-0.1, -0.05) is 49.6 Å². The highest BCUT2D eigenvalue weighted by atomic mass is 16.5. The normalized spacial score (nSPS) is 21.2. The fourth-order valence-electron chi connectivity index (χ4n) is 5.26. The van der Waals surface area contributed by atoms with Crippen LogP contribution >= 0.6 is 0 Å². The summed E-state index contributed by atoms with van der Waals surface area (Å²) in [5.41, 5.74) is 1.52. The van der Waals surface area contributed by atoms with E-state index < -0.39 is 5.54 Å². The van der Waals surface area contributed by atoms with Crippen LogP contribution in [0.2, 0.25) is 0 Å². The molecule has 1 atom stereocenters. The zero-order chi connectivity index (χ0) is 23.0. The Hall–Kier alpha value is -3.28. The monoisotopic (exact) mass is 445 g/mol. The molecule has 33 heavy (non-hydrogen) atoms. The van der Waals surface area contributed by atoms with E-state index in [0.29, 0.717) is 18.8 Å². The molecule has 0 spiro atoms. The van der Waals surface area contributed by atoms with Gasteiger partial charge in [-0.05, 0) is 43.5 Å². The summed E-state index contributed by atoms with van der Waals surface area (Å²) in [6.07, 6.45) is 5.51. The molecule has 1 aromatic heterocycles. The maximum Gasteiger partial charge on any atom is 0.271 e. The van der Waals surface area contributed by atoms with Crippen LogP contribution in [0.3, 0.4) is 0 Å². The number of nitrogens with one attached hydrogen (secondary N) is 1. The SMILES string of the molecule is COc1ccc2cc3n(c2c1)C[C@@](C)(C(=O)NC1CCCCC1)N(Cc1ccccc1)C3=O. The van der Waals surface area contributed by atoms with Gasteiger partial charge >= 0.3 is 0 Å². The second-order valence-electron chi connectivity index (χ2n) is 9.50. The number of carbonyl (C=O) groups is 2. The van der Waals surface area contributed by atoms with E-state index in [2.05, 4.69) is 5.32 Å². The molecule has 1 fully saturated rings. The first kappa shape index (κ1) is 21.6. The van der Waals surface area contributed by atoms with Gasteiger partial charge in [-0.25, -0.2) is 0 Å². The van der Waals surface area contributed by atoms with E-state index in [1.807, 2.05) is 66.1 Å². The Balaban J connectivity index is 1.56. The van der Waals surface area contributed by atoms with Gasteiger partial charge in [0.2, 0.25) is 5.91 Å². The number of carbonyl (C=O) groups excluding carboxylic acids is 2. The van der Waals surface area contributed by atoms with E-state index in [0.717, 1.165) is 47.9 Å². The number of fused-ring (bicyclic) bond motifs is 3. The Labute approximate surface area is 194 Å². The van der Waals surface area contributed by atoms with Crippen molar-refractivity contribution in [3.05, 3.63) is 65.9 Å². The number of amides is 2.